The Morgan fingerprint density at radius 2 is 1.95 bits per heavy atom. The van der Waals surface area contributed by atoms with E-state index < -0.39 is 16.0 Å². The number of benzene rings is 1. The van der Waals surface area contributed by atoms with Crippen molar-refractivity contribution < 1.29 is 9.00 Å². The van der Waals surface area contributed by atoms with Crippen LogP contribution in [0, 0.1) is 6.92 Å². The van der Waals surface area contributed by atoms with E-state index in [4.69, 9.17) is 5.73 Å². The minimum Gasteiger partial charge on any atom is -0.398 e. The molecule has 106 valence electrons. The van der Waals surface area contributed by atoms with Crippen molar-refractivity contribution >= 4 is 22.4 Å². The van der Waals surface area contributed by atoms with E-state index in [1.54, 1.807) is 25.1 Å². The second-order valence-electron chi connectivity index (χ2n) is 5.65. The van der Waals surface area contributed by atoms with Crippen LogP contribution in [0.25, 0.3) is 0 Å². The first-order valence-electron chi connectivity index (χ1n) is 6.21. The molecule has 0 bridgehead atoms. The predicted octanol–water partition coefficient (Wildman–Crippen LogP) is 1.99. The number of nitrogens with two attached hydrogens (primary N) is 1. The number of nitrogen functional groups attached to an aromatic ring is 1. The van der Waals surface area contributed by atoms with E-state index in [1.807, 2.05) is 27.7 Å². The average Bonchev–Trinajstić information content (AvgIpc) is 2.28. The summed E-state index contributed by atoms with van der Waals surface area (Å²) >= 11 is 0. The Balaban J connectivity index is 2.94. The Bertz CT molecular complexity index is 507. The zero-order valence-corrected chi connectivity index (χ0v) is 12.9. The zero-order chi connectivity index (χ0) is 14.8. The number of carbonyl (C=O) groups is 1. The molecule has 0 radical (unpaired) electrons. The van der Waals surface area contributed by atoms with Gasteiger partial charge in [0.1, 0.15) is 5.25 Å². The smallest absolute Gasteiger partial charge is 0.236 e. The van der Waals surface area contributed by atoms with Crippen LogP contribution in [-0.4, -0.2) is 20.9 Å². The van der Waals surface area contributed by atoms with Gasteiger partial charge >= 0.3 is 0 Å². The molecular weight excluding hydrogens is 260 g/mol. The first-order valence-corrected chi connectivity index (χ1v) is 7.42. The second-order valence-corrected chi connectivity index (χ2v) is 7.39. The summed E-state index contributed by atoms with van der Waals surface area (Å²) in [5.41, 5.74) is 6.83. The van der Waals surface area contributed by atoms with Gasteiger partial charge in [-0.2, -0.15) is 0 Å². The average molecular weight is 282 g/mol. The van der Waals surface area contributed by atoms with Gasteiger partial charge in [0.25, 0.3) is 0 Å². The van der Waals surface area contributed by atoms with E-state index in [-0.39, 0.29) is 11.4 Å². The third kappa shape index (κ3) is 4.06. The maximum absolute atomic E-state index is 12.4. The summed E-state index contributed by atoms with van der Waals surface area (Å²) in [5, 5.41) is 2.23. The van der Waals surface area contributed by atoms with Gasteiger partial charge in [-0.3, -0.25) is 9.00 Å². The van der Waals surface area contributed by atoms with E-state index >= 15 is 0 Å². The SMILES string of the molecule is Cc1c(N)cccc1S(=O)C(C)C(=O)NC(C)(C)C. The molecule has 0 saturated heterocycles. The van der Waals surface area contributed by atoms with E-state index in [1.165, 1.54) is 0 Å². The summed E-state index contributed by atoms with van der Waals surface area (Å²) in [6.45, 7) is 9.17. The van der Waals surface area contributed by atoms with Crippen molar-refractivity contribution in [1.82, 2.24) is 5.32 Å². The minimum absolute atomic E-state index is 0.215. The first kappa shape index (κ1) is 15.7. The molecule has 0 saturated carbocycles. The molecule has 2 unspecified atom stereocenters. The van der Waals surface area contributed by atoms with Gasteiger partial charge < -0.3 is 11.1 Å². The van der Waals surface area contributed by atoms with Gasteiger partial charge in [0.05, 0.1) is 10.8 Å². The molecule has 1 aromatic rings. The van der Waals surface area contributed by atoms with Gasteiger partial charge in [0, 0.05) is 16.1 Å². The molecule has 1 amide bonds. The van der Waals surface area contributed by atoms with E-state index in [0.29, 0.717) is 10.6 Å². The van der Waals surface area contributed by atoms with Crippen molar-refractivity contribution in [2.45, 2.75) is 50.3 Å². The van der Waals surface area contributed by atoms with Gasteiger partial charge in [-0.15, -0.1) is 0 Å². The standard InChI is InChI=1S/C14H22N2O2S/c1-9-11(15)7-6-8-12(9)19(18)10(2)13(17)16-14(3,4)5/h6-8,10H,15H2,1-5H3,(H,16,17). The van der Waals surface area contributed by atoms with Crippen molar-refractivity contribution in [2.75, 3.05) is 5.73 Å². The number of amides is 1. The molecule has 0 fully saturated rings. The summed E-state index contributed by atoms with van der Waals surface area (Å²) in [4.78, 5) is 12.7. The van der Waals surface area contributed by atoms with Crippen molar-refractivity contribution in [2.24, 2.45) is 0 Å². The minimum atomic E-state index is -1.41. The molecule has 0 aliphatic carbocycles. The lowest BCUT2D eigenvalue weighted by Crippen LogP contribution is -2.46. The molecule has 1 aromatic carbocycles. The Morgan fingerprint density at radius 1 is 1.37 bits per heavy atom. The number of hydrogen-bond donors (Lipinski definition) is 2. The highest BCUT2D eigenvalue weighted by Crippen LogP contribution is 2.21. The highest BCUT2D eigenvalue weighted by Gasteiger charge is 2.25. The molecule has 1 rings (SSSR count). The Kier molecular flexibility index (Phi) is 4.74. The molecule has 5 heteroatoms. The highest BCUT2D eigenvalue weighted by molar-refractivity contribution is 7.86. The molecule has 0 heterocycles. The maximum Gasteiger partial charge on any atom is 0.236 e. The van der Waals surface area contributed by atoms with Gasteiger partial charge in [-0.25, -0.2) is 0 Å². The lowest BCUT2D eigenvalue weighted by atomic mass is 10.1. The van der Waals surface area contributed by atoms with Crippen molar-refractivity contribution in [3.8, 4) is 0 Å². The highest BCUT2D eigenvalue weighted by atomic mass is 32.2. The summed E-state index contributed by atoms with van der Waals surface area (Å²) in [7, 11) is -1.41. The summed E-state index contributed by atoms with van der Waals surface area (Å²) < 4.78 is 12.4. The maximum atomic E-state index is 12.4. The molecular formula is C14H22N2O2S. The van der Waals surface area contributed by atoms with Crippen LogP contribution in [0.15, 0.2) is 23.1 Å². The fourth-order valence-electron chi connectivity index (χ4n) is 1.61. The number of anilines is 1. The quantitative estimate of drug-likeness (QED) is 0.833. The van der Waals surface area contributed by atoms with E-state index in [9.17, 15) is 9.00 Å². The van der Waals surface area contributed by atoms with Crippen LogP contribution in [0.1, 0.15) is 33.3 Å². The monoisotopic (exact) mass is 282 g/mol. The van der Waals surface area contributed by atoms with Crippen LogP contribution in [0.3, 0.4) is 0 Å². The third-order valence-corrected chi connectivity index (χ3v) is 4.46. The lowest BCUT2D eigenvalue weighted by Gasteiger charge is -2.23. The largest absolute Gasteiger partial charge is 0.398 e. The lowest BCUT2D eigenvalue weighted by molar-refractivity contribution is -0.121. The number of rotatable bonds is 3. The van der Waals surface area contributed by atoms with Crippen LogP contribution in [0.5, 0.6) is 0 Å². The van der Waals surface area contributed by atoms with Crippen molar-refractivity contribution in [3.63, 3.8) is 0 Å². The number of carbonyl (C=O) groups excluding carboxylic acids is 1. The topological polar surface area (TPSA) is 72.2 Å². The van der Waals surface area contributed by atoms with Crippen molar-refractivity contribution in [1.29, 1.82) is 0 Å². The Morgan fingerprint density at radius 3 is 2.47 bits per heavy atom. The van der Waals surface area contributed by atoms with Gasteiger partial charge in [-0.1, -0.05) is 6.07 Å². The van der Waals surface area contributed by atoms with Gasteiger partial charge in [-0.05, 0) is 52.3 Å². The molecule has 2 atom stereocenters. The molecule has 0 aliphatic rings. The van der Waals surface area contributed by atoms with Crippen LogP contribution < -0.4 is 11.1 Å². The molecule has 0 aliphatic heterocycles. The second kappa shape index (κ2) is 5.74. The van der Waals surface area contributed by atoms with Crippen LogP contribution >= 0.6 is 0 Å². The van der Waals surface area contributed by atoms with Crippen LogP contribution in [0.2, 0.25) is 0 Å². The summed E-state index contributed by atoms with van der Waals surface area (Å²) in [6.07, 6.45) is 0. The first-order chi connectivity index (χ1) is 8.63. The molecule has 19 heavy (non-hydrogen) atoms. The molecule has 4 nitrogen and oxygen atoms in total. The fraction of sp³-hybridized carbons (Fsp3) is 0.500. The number of hydrogen-bond acceptors (Lipinski definition) is 3. The summed E-state index contributed by atoms with van der Waals surface area (Å²) in [5.74, 6) is -0.215. The van der Waals surface area contributed by atoms with Crippen molar-refractivity contribution in [3.05, 3.63) is 23.8 Å². The molecule has 3 N–H and O–H groups in total. The number of nitrogens with one attached hydrogen (secondary N) is 1. The predicted molar refractivity (Wildman–Crippen MR) is 79.4 cm³/mol. The van der Waals surface area contributed by atoms with Gasteiger partial charge in [0.2, 0.25) is 5.91 Å². The fourth-order valence-corrected chi connectivity index (χ4v) is 2.87. The van der Waals surface area contributed by atoms with Gasteiger partial charge in [0.15, 0.2) is 0 Å². The van der Waals surface area contributed by atoms with E-state index in [0.717, 1.165) is 5.56 Å². The molecule has 0 spiro atoms. The Hall–Kier alpha value is -1.36. The van der Waals surface area contributed by atoms with Crippen LogP contribution in [0.4, 0.5) is 5.69 Å². The normalized spacial score (nSPS) is 14.8. The Labute approximate surface area is 117 Å². The van der Waals surface area contributed by atoms with Crippen LogP contribution in [-0.2, 0) is 15.6 Å². The molecule has 0 aromatic heterocycles. The summed E-state index contributed by atoms with van der Waals surface area (Å²) in [6, 6.07) is 5.27. The third-order valence-electron chi connectivity index (χ3n) is 2.73. The van der Waals surface area contributed by atoms with E-state index in [2.05, 4.69) is 5.32 Å². The zero-order valence-electron chi connectivity index (χ0n) is 12.1.